The van der Waals surface area contributed by atoms with Crippen molar-refractivity contribution < 1.29 is 9.90 Å². The molecule has 20 heavy (non-hydrogen) atoms. The summed E-state index contributed by atoms with van der Waals surface area (Å²) in [5.41, 5.74) is 3.09. The van der Waals surface area contributed by atoms with Gasteiger partial charge in [0.15, 0.2) is 0 Å². The van der Waals surface area contributed by atoms with Gasteiger partial charge in [0.2, 0.25) is 5.91 Å². The van der Waals surface area contributed by atoms with Crippen LogP contribution in [-0.4, -0.2) is 17.6 Å². The SMILES string of the molecule is CCN(C(=O)CC1=CCCCC1)c1cc(O)ccc1C. The lowest BCUT2D eigenvalue weighted by Gasteiger charge is -2.24. The number of hydrogen-bond donors (Lipinski definition) is 1. The van der Waals surface area contributed by atoms with E-state index in [2.05, 4.69) is 6.08 Å². The Morgan fingerprint density at radius 2 is 2.15 bits per heavy atom. The number of hydrogen-bond acceptors (Lipinski definition) is 2. The third-order valence-corrected chi connectivity index (χ3v) is 3.86. The van der Waals surface area contributed by atoms with Crippen molar-refractivity contribution in [1.82, 2.24) is 0 Å². The first-order valence-corrected chi connectivity index (χ1v) is 7.39. The van der Waals surface area contributed by atoms with Crippen LogP contribution >= 0.6 is 0 Å². The van der Waals surface area contributed by atoms with Crippen molar-refractivity contribution in [3.63, 3.8) is 0 Å². The molecule has 0 heterocycles. The lowest BCUT2D eigenvalue weighted by Crippen LogP contribution is -2.31. The summed E-state index contributed by atoms with van der Waals surface area (Å²) in [6.45, 7) is 4.55. The van der Waals surface area contributed by atoms with Crippen LogP contribution < -0.4 is 4.90 Å². The monoisotopic (exact) mass is 273 g/mol. The van der Waals surface area contributed by atoms with Crippen molar-refractivity contribution in [3.05, 3.63) is 35.4 Å². The third-order valence-electron chi connectivity index (χ3n) is 3.86. The first-order valence-electron chi connectivity index (χ1n) is 7.39. The molecule has 0 aromatic heterocycles. The number of nitrogens with zero attached hydrogens (tertiary/aromatic N) is 1. The first kappa shape index (κ1) is 14.6. The number of carbonyl (C=O) groups excluding carboxylic acids is 1. The molecule has 0 aliphatic heterocycles. The Morgan fingerprint density at radius 1 is 1.35 bits per heavy atom. The summed E-state index contributed by atoms with van der Waals surface area (Å²) < 4.78 is 0. The van der Waals surface area contributed by atoms with Gasteiger partial charge in [-0.05, 0) is 51.2 Å². The minimum Gasteiger partial charge on any atom is -0.508 e. The molecule has 1 amide bonds. The third kappa shape index (κ3) is 3.41. The number of aryl methyl sites for hydroxylation is 1. The van der Waals surface area contributed by atoms with Crippen LogP contribution in [-0.2, 0) is 4.79 Å². The van der Waals surface area contributed by atoms with Crippen LogP contribution in [0.2, 0.25) is 0 Å². The number of anilines is 1. The minimum absolute atomic E-state index is 0.120. The minimum atomic E-state index is 0.120. The summed E-state index contributed by atoms with van der Waals surface area (Å²) >= 11 is 0. The Bertz CT molecular complexity index is 520. The van der Waals surface area contributed by atoms with Crippen molar-refractivity contribution in [3.8, 4) is 5.75 Å². The van der Waals surface area contributed by atoms with Crippen LogP contribution in [0.1, 0.15) is 44.6 Å². The number of rotatable bonds is 4. The molecule has 1 aromatic rings. The van der Waals surface area contributed by atoms with Gasteiger partial charge in [-0.2, -0.15) is 0 Å². The zero-order chi connectivity index (χ0) is 14.5. The van der Waals surface area contributed by atoms with Gasteiger partial charge in [0, 0.05) is 19.0 Å². The van der Waals surface area contributed by atoms with Crippen molar-refractivity contribution in [1.29, 1.82) is 0 Å². The van der Waals surface area contributed by atoms with Gasteiger partial charge in [0.25, 0.3) is 0 Å². The molecule has 0 unspecified atom stereocenters. The van der Waals surface area contributed by atoms with Gasteiger partial charge in [0.05, 0.1) is 5.69 Å². The predicted molar refractivity (Wildman–Crippen MR) is 82.0 cm³/mol. The maximum atomic E-state index is 12.5. The molecule has 1 aliphatic carbocycles. The number of carbonyl (C=O) groups is 1. The Hall–Kier alpha value is -1.77. The van der Waals surface area contributed by atoms with Crippen molar-refractivity contribution in [2.75, 3.05) is 11.4 Å². The quantitative estimate of drug-likeness (QED) is 0.844. The highest BCUT2D eigenvalue weighted by Gasteiger charge is 2.18. The molecule has 3 heteroatoms. The van der Waals surface area contributed by atoms with Crippen molar-refractivity contribution >= 4 is 11.6 Å². The molecule has 0 radical (unpaired) electrons. The largest absolute Gasteiger partial charge is 0.508 e. The molecule has 1 aliphatic rings. The lowest BCUT2D eigenvalue weighted by atomic mass is 9.96. The van der Waals surface area contributed by atoms with Gasteiger partial charge >= 0.3 is 0 Å². The van der Waals surface area contributed by atoms with E-state index in [1.807, 2.05) is 19.9 Å². The molecule has 0 saturated carbocycles. The summed E-state index contributed by atoms with van der Waals surface area (Å²) in [6.07, 6.45) is 7.28. The number of benzene rings is 1. The first-order chi connectivity index (χ1) is 9.61. The molecule has 0 fully saturated rings. The highest BCUT2D eigenvalue weighted by Crippen LogP contribution is 2.27. The van der Waals surface area contributed by atoms with E-state index in [0.29, 0.717) is 13.0 Å². The number of phenolic OH excluding ortho intramolecular Hbond substituents is 1. The van der Waals surface area contributed by atoms with Crippen LogP contribution in [0.5, 0.6) is 5.75 Å². The molecule has 3 nitrogen and oxygen atoms in total. The molecule has 0 saturated heterocycles. The van der Waals surface area contributed by atoms with Gasteiger partial charge < -0.3 is 10.0 Å². The molecule has 1 aromatic carbocycles. The van der Waals surface area contributed by atoms with Crippen LogP contribution in [0.25, 0.3) is 0 Å². The molecular weight excluding hydrogens is 250 g/mol. The van der Waals surface area contributed by atoms with E-state index in [1.54, 1.807) is 17.0 Å². The highest BCUT2D eigenvalue weighted by molar-refractivity contribution is 5.95. The fourth-order valence-electron chi connectivity index (χ4n) is 2.72. The van der Waals surface area contributed by atoms with Crippen LogP contribution in [0.3, 0.4) is 0 Å². The van der Waals surface area contributed by atoms with E-state index in [0.717, 1.165) is 24.1 Å². The molecule has 2 rings (SSSR count). The second-order valence-electron chi connectivity index (χ2n) is 5.39. The Balaban J connectivity index is 2.16. The Morgan fingerprint density at radius 3 is 2.80 bits per heavy atom. The summed E-state index contributed by atoms with van der Waals surface area (Å²) in [4.78, 5) is 14.3. The molecular formula is C17H23NO2. The Kier molecular flexibility index (Phi) is 4.83. The zero-order valence-corrected chi connectivity index (χ0v) is 12.4. The number of amides is 1. The topological polar surface area (TPSA) is 40.5 Å². The van der Waals surface area contributed by atoms with E-state index in [9.17, 15) is 9.90 Å². The van der Waals surface area contributed by atoms with Gasteiger partial charge in [-0.1, -0.05) is 17.7 Å². The zero-order valence-electron chi connectivity index (χ0n) is 12.4. The van der Waals surface area contributed by atoms with Crippen molar-refractivity contribution in [2.45, 2.75) is 46.0 Å². The number of allylic oxidation sites excluding steroid dienone is 1. The summed E-state index contributed by atoms with van der Waals surface area (Å²) in [5.74, 6) is 0.322. The normalized spacial score (nSPS) is 14.8. The van der Waals surface area contributed by atoms with Gasteiger partial charge in [-0.15, -0.1) is 0 Å². The standard InChI is InChI=1S/C17H23NO2/c1-3-18(16-12-15(19)10-9-13(16)2)17(20)11-14-7-5-4-6-8-14/h7,9-10,12,19H,3-6,8,11H2,1-2H3. The highest BCUT2D eigenvalue weighted by atomic mass is 16.3. The summed E-state index contributed by atoms with van der Waals surface area (Å²) in [6, 6.07) is 5.17. The van der Waals surface area contributed by atoms with Crippen LogP contribution in [0.15, 0.2) is 29.8 Å². The number of aromatic hydroxyl groups is 1. The van der Waals surface area contributed by atoms with E-state index in [-0.39, 0.29) is 11.7 Å². The second kappa shape index (κ2) is 6.60. The molecule has 0 spiro atoms. The Labute approximate surface area is 120 Å². The lowest BCUT2D eigenvalue weighted by molar-refractivity contribution is -0.118. The van der Waals surface area contributed by atoms with Gasteiger partial charge in [-0.3, -0.25) is 4.79 Å². The maximum Gasteiger partial charge on any atom is 0.231 e. The maximum absolute atomic E-state index is 12.5. The van der Waals surface area contributed by atoms with E-state index in [1.165, 1.54) is 18.4 Å². The summed E-state index contributed by atoms with van der Waals surface area (Å²) in [7, 11) is 0. The fraction of sp³-hybridized carbons (Fsp3) is 0.471. The van der Waals surface area contributed by atoms with E-state index < -0.39 is 0 Å². The molecule has 1 N–H and O–H groups in total. The van der Waals surface area contributed by atoms with Crippen LogP contribution in [0.4, 0.5) is 5.69 Å². The predicted octanol–water partition coefficient (Wildman–Crippen LogP) is 3.94. The smallest absolute Gasteiger partial charge is 0.231 e. The van der Waals surface area contributed by atoms with Gasteiger partial charge in [0.1, 0.15) is 5.75 Å². The van der Waals surface area contributed by atoms with E-state index >= 15 is 0 Å². The van der Waals surface area contributed by atoms with Gasteiger partial charge in [-0.25, -0.2) is 0 Å². The van der Waals surface area contributed by atoms with Crippen molar-refractivity contribution in [2.24, 2.45) is 0 Å². The summed E-state index contributed by atoms with van der Waals surface area (Å²) in [5, 5.41) is 9.64. The average Bonchev–Trinajstić information content (AvgIpc) is 2.44. The fourth-order valence-corrected chi connectivity index (χ4v) is 2.72. The van der Waals surface area contributed by atoms with E-state index in [4.69, 9.17) is 0 Å². The molecule has 0 bridgehead atoms. The molecule has 0 atom stereocenters. The molecule has 108 valence electrons. The number of phenols is 1. The average molecular weight is 273 g/mol. The van der Waals surface area contributed by atoms with Crippen LogP contribution in [0, 0.1) is 6.92 Å². The second-order valence-corrected chi connectivity index (χ2v) is 5.39.